The Morgan fingerprint density at radius 3 is 2.33 bits per heavy atom. The molecule has 0 aromatic heterocycles. The molecule has 1 aliphatic rings. The number of hydrogen-bond donors (Lipinski definition) is 3. The van der Waals surface area contributed by atoms with Crippen molar-refractivity contribution in [2.45, 2.75) is 50.8 Å². The van der Waals surface area contributed by atoms with Gasteiger partial charge in [0.1, 0.15) is 18.3 Å². The van der Waals surface area contributed by atoms with Crippen LogP contribution in [0.25, 0.3) is 0 Å². The van der Waals surface area contributed by atoms with Gasteiger partial charge in [0.25, 0.3) is 0 Å². The zero-order valence-corrected chi connectivity index (χ0v) is 15.4. The number of aliphatic hydroxyl groups is 3. The van der Waals surface area contributed by atoms with Crippen molar-refractivity contribution in [2.75, 3.05) is 6.61 Å². The predicted molar refractivity (Wildman–Crippen MR) is 98.1 cm³/mol. The Balaban J connectivity index is 1.67. The maximum Gasteiger partial charge on any atom is 0.229 e. The Labute approximate surface area is 158 Å². The monoisotopic (exact) mass is 376 g/mol. The first-order chi connectivity index (χ1) is 12.8. The molecule has 0 spiro atoms. The molecule has 3 rings (SSSR count). The van der Waals surface area contributed by atoms with Gasteiger partial charge in [-0.1, -0.05) is 44.2 Å². The quantitative estimate of drug-likeness (QED) is 0.747. The van der Waals surface area contributed by atoms with Crippen molar-refractivity contribution in [1.29, 1.82) is 0 Å². The highest BCUT2D eigenvalue weighted by Crippen LogP contribution is 2.25. The number of benzene rings is 2. The van der Waals surface area contributed by atoms with Gasteiger partial charge in [-0.2, -0.15) is 0 Å². The Hall–Kier alpha value is -1.99. The van der Waals surface area contributed by atoms with Gasteiger partial charge in [-0.3, -0.25) is 0 Å². The number of hydrogen-bond acceptors (Lipinski definition) is 5. The van der Waals surface area contributed by atoms with E-state index in [2.05, 4.69) is 26.0 Å². The summed E-state index contributed by atoms with van der Waals surface area (Å²) in [7, 11) is 0. The van der Waals surface area contributed by atoms with Crippen molar-refractivity contribution in [3.8, 4) is 5.75 Å². The summed E-state index contributed by atoms with van der Waals surface area (Å²) in [5.74, 6) is -0.200. The van der Waals surface area contributed by atoms with Crippen molar-refractivity contribution in [2.24, 2.45) is 0 Å². The molecule has 146 valence electrons. The minimum atomic E-state index is -1.47. The molecule has 2 aromatic rings. The van der Waals surface area contributed by atoms with Crippen molar-refractivity contribution >= 4 is 0 Å². The van der Waals surface area contributed by atoms with Crippen LogP contribution in [0.2, 0.25) is 0 Å². The lowest BCUT2D eigenvalue weighted by atomic mass is 9.99. The van der Waals surface area contributed by atoms with Crippen molar-refractivity contribution < 1.29 is 29.2 Å². The van der Waals surface area contributed by atoms with E-state index in [1.807, 2.05) is 12.1 Å². The third-order valence-corrected chi connectivity index (χ3v) is 4.75. The Morgan fingerprint density at radius 2 is 1.70 bits per heavy atom. The van der Waals surface area contributed by atoms with Gasteiger partial charge >= 0.3 is 0 Å². The molecule has 27 heavy (non-hydrogen) atoms. The molecule has 5 nitrogen and oxygen atoms in total. The predicted octanol–water partition coefficient (Wildman–Crippen LogP) is 2.36. The topological polar surface area (TPSA) is 79.2 Å². The molecule has 3 N–H and O–H groups in total. The summed E-state index contributed by atoms with van der Waals surface area (Å²) in [4.78, 5) is 0. The van der Waals surface area contributed by atoms with Crippen LogP contribution in [-0.2, 0) is 11.2 Å². The molecule has 4 atom stereocenters. The number of rotatable bonds is 5. The zero-order valence-electron chi connectivity index (χ0n) is 15.4. The molecule has 1 fully saturated rings. The second kappa shape index (κ2) is 8.35. The second-order valence-electron chi connectivity index (χ2n) is 7.21. The third kappa shape index (κ3) is 4.65. The van der Waals surface area contributed by atoms with Crippen LogP contribution in [-0.4, -0.2) is 46.5 Å². The van der Waals surface area contributed by atoms with Crippen LogP contribution >= 0.6 is 0 Å². The van der Waals surface area contributed by atoms with Crippen LogP contribution in [0.5, 0.6) is 5.75 Å². The summed E-state index contributed by atoms with van der Waals surface area (Å²) in [5.41, 5.74) is 3.13. The highest BCUT2D eigenvalue weighted by atomic mass is 19.1. The van der Waals surface area contributed by atoms with Crippen LogP contribution in [0.15, 0.2) is 42.5 Å². The normalized spacial score (nSPS) is 25.6. The highest BCUT2D eigenvalue weighted by Gasteiger charge is 2.39. The first kappa shape index (κ1) is 19.8. The number of halogens is 1. The third-order valence-electron chi connectivity index (χ3n) is 4.75. The van der Waals surface area contributed by atoms with Crippen LogP contribution in [0.4, 0.5) is 4.39 Å². The van der Waals surface area contributed by atoms with E-state index in [1.165, 1.54) is 17.7 Å². The number of ether oxygens (including phenoxy) is 2. The van der Waals surface area contributed by atoms with E-state index < -0.39 is 30.4 Å². The molecule has 0 unspecified atom stereocenters. The summed E-state index contributed by atoms with van der Waals surface area (Å²) >= 11 is 0. The fourth-order valence-corrected chi connectivity index (χ4v) is 3.01. The second-order valence-corrected chi connectivity index (χ2v) is 7.21. The zero-order chi connectivity index (χ0) is 19.6. The summed E-state index contributed by atoms with van der Waals surface area (Å²) in [5, 5.41) is 29.0. The van der Waals surface area contributed by atoms with Gasteiger partial charge in [-0.15, -0.1) is 0 Å². The average Bonchev–Trinajstić information content (AvgIpc) is 2.64. The lowest BCUT2D eigenvalue weighted by Gasteiger charge is -2.34. The molecular formula is C21H25FO5. The standard InChI is InChI=1S/C21H25FO5/c1-12(2)15-6-3-13(4-7-15)9-14-5-8-18(16(22)10-14)27-21-20(25)19(24)17(23)11-26-21/h3-8,10,12,17,19-21,23-25H,9,11H2,1-2H3/t17-,19-,20+,21+/m0/s1. The van der Waals surface area contributed by atoms with Crippen molar-refractivity contribution in [3.05, 3.63) is 65.0 Å². The molecule has 6 heteroatoms. The Morgan fingerprint density at radius 1 is 1.04 bits per heavy atom. The Kier molecular flexibility index (Phi) is 6.11. The molecule has 2 aromatic carbocycles. The summed E-state index contributed by atoms with van der Waals surface area (Å²) in [6.07, 6.45) is -4.73. The largest absolute Gasteiger partial charge is 0.459 e. The minimum absolute atomic E-state index is 0.0819. The van der Waals surface area contributed by atoms with E-state index in [-0.39, 0.29) is 12.4 Å². The maximum atomic E-state index is 14.4. The molecule has 1 saturated heterocycles. The van der Waals surface area contributed by atoms with Crippen molar-refractivity contribution in [1.82, 2.24) is 0 Å². The lowest BCUT2D eigenvalue weighted by molar-refractivity contribution is -0.242. The molecule has 0 saturated carbocycles. The molecule has 0 aliphatic carbocycles. The maximum absolute atomic E-state index is 14.4. The van der Waals surface area contributed by atoms with Crippen molar-refractivity contribution in [3.63, 3.8) is 0 Å². The van der Waals surface area contributed by atoms with Crippen LogP contribution in [0.3, 0.4) is 0 Å². The van der Waals surface area contributed by atoms with Gasteiger partial charge < -0.3 is 24.8 Å². The van der Waals surface area contributed by atoms with Crippen LogP contribution in [0.1, 0.15) is 36.5 Å². The summed E-state index contributed by atoms with van der Waals surface area (Å²) in [6.45, 7) is 4.07. The van der Waals surface area contributed by atoms with E-state index >= 15 is 0 Å². The van der Waals surface area contributed by atoms with Crippen LogP contribution < -0.4 is 4.74 Å². The van der Waals surface area contributed by atoms with Crippen LogP contribution in [0, 0.1) is 5.82 Å². The lowest BCUT2D eigenvalue weighted by Crippen LogP contribution is -2.54. The van der Waals surface area contributed by atoms with E-state index in [9.17, 15) is 19.7 Å². The van der Waals surface area contributed by atoms with Gasteiger partial charge in [0, 0.05) is 0 Å². The molecule has 0 radical (unpaired) electrons. The minimum Gasteiger partial charge on any atom is -0.459 e. The molecule has 1 aliphatic heterocycles. The molecule has 0 amide bonds. The summed E-state index contributed by atoms with van der Waals surface area (Å²) < 4.78 is 24.9. The van der Waals surface area contributed by atoms with Gasteiger partial charge in [0.15, 0.2) is 11.6 Å². The SMILES string of the molecule is CC(C)c1ccc(Cc2ccc(O[C@H]3OC[C@H](O)[C@H](O)[C@H]3O)c(F)c2)cc1. The highest BCUT2D eigenvalue weighted by molar-refractivity contribution is 5.34. The Bertz CT molecular complexity index is 762. The van der Waals surface area contributed by atoms with E-state index in [1.54, 1.807) is 6.07 Å². The first-order valence-electron chi connectivity index (χ1n) is 9.05. The van der Waals surface area contributed by atoms with Gasteiger partial charge in [0.2, 0.25) is 6.29 Å². The fraction of sp³-hybridized carbons (Fsp3) is 0.429. The van der Waals surface area contributed by atoms with E-state index in [0.717, 1.165) is 11.1 Å². The fourth-order valence-electron chi connectivity index (χ4n) is 3.01. The molecular weight excluding hydrogens is 351 g/mol. The smallest absolute Gasteiger partial charge is 0.229 e. The average molecular weight is 376 g/mol. The van der Waals surface area contributed by atoms with Gasteiger partial charge in [-0.25, -0.2) is 4.39 Å². The van der Waals surface area contributed by atoms with E-state index in [0.29, 0.717) is 12.3 Å². The summed E-state index contributed by atoms with van der Waals surface area (Å²) in [6, 6.07) is 12.8. The van der Waals surface area contributed by atoms with Gasteiger partial charge in [-0.05, 0) is 41.2 Å². The molecule has 1 heterocycles. The first-order valence-corrected chi connectivity index (χ1v) is 9.05. The number of aliphatic hydroxyl groups excluding tert-OH is 3. The van der Waals surface area contributed by atoms with Gasteiger partial charge in [0.05, 0.1) is 6.61 Å². The molecule has 0 bridgehead atoms. The van der Waals surface area contributed by atoms with E-state index in [4.69, 9.17) is 9.47 Å².